The molecule has 0 saturated heterocycles. The van der Waals surface area contributed by atoms with Gasteiger partial charge in [-0.25, -0.2) is 0 Å². The van der Waals surface area contributed by atoms with Gasteiger partial charge in [-0.2, -0.15) is 18.4 Å². The molecule has 0 bridgehead atoms. The summed E-state index contributed by atoms with van der Waals surface area (Å²) >= 11 is 0. The van der Waals surface area contributed by atoms with E-state index in [0.29, 0.717) is 18.7 Å². The summed E-state index contributed by atoms with van der Waals surface area (Å²) in [5, 5.41) is 9.13. The van der Waals surface area contributed by atoms with Gasteiger partial charge >= 0.3 is 6.18 Å². The van der Waals surface area contributed by atoms with Gasteiger partial charge in [-0.1, -0.05) is 26.0 Å². The summed E-state index contributed by atoms with van der Waals surface area (Å²) < 4.78 is 37.8. The van der Waals surface area contributed by atoms with Gasteiger partial charge in [0.05, 0.1) is 11.6 Å². The normalized spacial score (nSPS) is 13.4. The Morgan fingerprint density at radius 2 is 1.89 bits per heavy atom. The van der Waals surface area contributed by atoms with Crippen LogP contribution in [-0.2, 0) is 6.18 Å². The van der Waals surface area contributed by atoms with Gasteiger partial charge in [0.15, 0.2) is 0 Å². The lowest BCUT2D eigenvalue weighted by molar-refractivity contribution is -0.137. The molecule has 0 heterocycles. The van der Waals surface area contributed by atoms with E-state index in [1.165, 1.54) is 6.07 Å². The van der Waals surface area contributed by atoms with Crippen LogP contribution < -0.4 is 0 Å². The molecular weight excluding hydrogens is 241 g/mol. The summed E-state index contributed by atoms with van der Waals surface area (Å²) in [6, 6.07) is 6.38. The van der Waals surface area contributed by atoms with Crippen LogP contribution in [0.25, 0.3) is 0 Å². The van der Waals surface area contributed by atoms with Crippen LogP contribution in [0, 0.1) is 11.3 Å². The third-order valence-electron chi connectivity index (χ3n) is 2.83. The molecule has 0 fully saturated rings. The smallest absolute Gasteiger partial charge is 0.285 e. The first-order chi connectivity index (χ1) is 8.43. The minimum atomic E-state index is -4.38. The van der Waals surface area contributed by atoms with Crippen molar-refractivity contribution < 1.29 is 13.2 Å². The zero-order valence-electron chi connectivity index (χ0n) is 10.3. The lowest BCUT2D eigenvalue weighted by atomic mass is 10.0. The van der Waals surface area contributed by atoms with Gasteiger partial charge in [-0.3, -0.25) is 4.90 Å². The van der Waals surface area contributed by atoms with Gasteiger partial charge in [0.25, 0.3) is 0 Å². The Hall–Kier alpha value is -1.54. The maximum absolute atomic E-state index is 12.6. The summed E-state index contributed by atoms with van der Waals surface area (Å²) in [7, 11) is 0. The van der Waals surface area contributed by atoms with E-state index in [1.807, 2.05) is 18.7 Å². The van der Waals surface area contributed by atoms with Crippen LogP contribution in [0.3, 0.4) is 0 Å². The van der Waals surface area contributed by atoms with Crippen LogP contribution in [0.1, 0.15) is 31.0 Å². The van der Waals surface area contributed by atoms with Crippen LogP contribution in [0.4, 0.5) is 13.2 Å². The number of rotatable bonds is 4. The van der Waals surface area contributed by atoms with Crippen molar-refractivity contribution in [1.82, 2.24) is 4.90 Å². The highest BCUT2D eigenvalue weighted by Gasteiger charge is 2.31. The maximum Gasteiger partial charge on any atom is 0.416 e. The van der Waals surface area contributed by atoms with Crippen LogP contribution >= 0.6 is 0 Å². The SMILES string of the molecule is CCN(CC)C(C#N)c1cccc(C(F)(F)F)c1. The van der Waals surface area contributed by atoms with Crippen molar-refractivity contribution in [2.45, 2.75) is 26.1 Å². The number of hydrogen-bond donors (Lipinski definition) is 0. The average molecular weight is 256 g/mol. The number of nitrogens with zero attached hydrogens (tertiary/aromatic N) is 2. The molecular formula is C13H15F3N2. The fraction of sp³-hybridized carbons (Fsp3) is 0.462. The third-order valence-corrected chi connectivity index (χ3v) is 2.83. The van der Waals surface area contributed by atoms with Crippen molar-refractivity contribution in [1.29, 1.82) is 5.26 Å². The van der Waals surface area contributed by atoms with Gasteiger partial charge in [0.2, 0.25) is 0 Å². The molecule has 1 rings (SSSR count). The molecule has 0 amide bonds. The van der Waals surface area contributed by atoms with Crippen molar-refractivity contribution >= 4 is 0 Å². The van der Waals surface area contributed by atoms with Gasteiger partial charge in [0.1, 0.15) is 6.04 Å². The van der Waals surface area contributed by atoms with Gasteiger partial charge < -0.3 is 0 Å². The van der Waals surface area contributed by atoms with Crippen molar-refractivity contribution in [2.75, 3.05) is 13.1 Å². The second-order valence-electron chi connectivity index (χ2n) is 3.88. The molecule has 5 heteroatoms. The standard InChI is InChI=1S/C13H15F3N2/c1-3-18(4-2)12(9-17)10-6-5-7-11(8-10)13(14,15)16/h5-8,12H,3-4H2,1-2H3. The van der Waals surface area contributed by atoms with E-state index < -0.39 is 17.8 Å². The van der Waals surface area contributed by atoms with E-state index in [1.54, 1.807) is 6.07 Å². The highest BCUT2D eigenvalue weighted by molar-refractivity contribution is 5.30. The van der Waals surface area contributed by atoms with Crippen molar-refractivity contribution in [3.8, 4) is 6.07 Å². The van der Waals surface area contributed by atoms with Gasteiger partial charge in [-0.15, -0.1) is 0 Å². The summed E-state index contributed by atoms with van der Waals surface area (Å²) in [4.78, 5) is 1.81. The monoisotopic (exact) mass is 256 g/mol. The Morgan fingerprint density at radius 3 is 2.33 bits per heavy atom. The number of alkyl halides is 3. The molecule has 0 aliphatic rings. The molecule has 2 nitrogen and oxygen atoms in total. The van der Waals surface area contributed by atoms with Crippen molar-refractivity contribution in [3.63, 3.8) is 0 Å². The molecule has 1 aromatic carbocycles. The fourth-order valence-corrected chi connectivity index (χ4v) is 1.84. The molecule has 0 aromatic heterocycles. The number of nitriles is 1. The second-order valence-corrected chi connectivity index (χ2v) is 3.88. The summed E-state index contributed by atoms with van der Waals surface area (Å²) in [6.07, 6.45) is -4.38. The van der Waals surface area contributed by atoms with Gasteiger partial charge in [-0.05, 0) is 30.8 Å². The zero-order valence-corrected chi connectivity index (χ0v) is 10.3. The molecule has 1 aromatic rings. The zero-order chi connectivity index (χ0) is 13.8. The topological polar surface area (TPSA) is 27.0 Å². The highest BCUT2D eigenvalue weighted by Crippen LogP contribution is 2.31. The summed E-state index contributed by atoms with van der Waals surface area (Å²) in [6.45, 7) is 4.98. The maximum atomic E-state index is 12.6. The van der Waals surface area contributed by atoms with E-state index in [4.69, 9.17) is 5.26 Å². The Kier molecular flexibility index (Phi) is 4.74. The largest absolute Gasteiger partial charge is 0.416 e. The predicted molar refractivity (Wildman–Crippen MR) is 62.7 cm³/mol. The molecule has 0 N–H and O–H groups in total. The van der Waals surface area contributed by atoms with E-state index >= 15 is 0 Å². The van der Waals surface area contributed by atoms with Crippen molar-refractivity contribution in [2.24, 2.45) is 0 Å². The van der Waals surface area contributed by atoms with Gasteiger partial charge in [0, 0.05) is 0 Å². The first-order valence-electron chi connectivity index (χ1n) is 5.74. The number of halogens is 3. The Balaban J connectivity index is 3.12. The molecule has 0 spiro atoms. The minimum absolute atomic E-state index is 0.385. The number of benzene rings is 1. The Bertz CT molecular complexity index is 431. The molecule has 1 unspecified atom stereocenters. The third kappa shape index (κ3) is 3.23. The highest BCUT2D eigenvalue weighted by atomic mass is 19.4. The first-order valence-corrected chi connectivity index (χ1v) is 5.74. The lowest BCUT2D eigenvalue weighted by Crippen LogP contribution is -2.27. The first kappa shape index (κ1) is 14.5. The average Bonchev–Trinajstić information content (AvgIpc) is 2.35. The summed E-state index contributed by atoms with van der Waals surface area (Å²) in [5.41, 5.74) is -0.330. The minimum Gasteiger partial charge on any atom is -0.285 e. The Labute approximate surface area is 105 Å². The van der Waals surface area contributed by atoms with Crippen LogP contribution in [-0.4, -0.2) is 18.0 Å². The van der Waals surface area contributed by atoms with E-state index in [2.05, 4.69) is 6.07 Å². The molecule has 0 saturated carbocycles. The van der Waals surface area contributed by atoms with E-state index in [9.17, 15) is 13.2 Å². The molecule has 98 valence electrons. The molecule has 0 aliphatic carbocycles. The Morgan fingerprint density at radius 1 is 1.28 bits per heavy atom. The van der Waals surface area contributed by atoms with Crippen LogP contribution in [0.5, 0.6) is 0 Å². The predicted octanol–water partition coefficient (Wildman–Crippen LogP) is 3.61. The lowest BCUT2D eigenvalue weighted by Gasteiger charge is -2.24. The number of hydrogen-bond acceptors (Lipinski definition) is 2. The second kappa shape index (κ2) is 5.87. The fourth-order valence-electron chi connectivity index (χ4n) is 1.84. The molecule has 18 heavy (non-hydrogen) atoms. The summed E-state index contributed by atoms with van der Waals surface area (Å²) in [5.74, 6) is 0. The van der Waals surface area contributed by atoms with Crippen LogP contribution in [0.2, 0.25) is 0 Å². The van der Waals surface area contributed by atoms with Crippen molar-refractivity contribution in [3.05, 3.63) is 35.4 Å². The molecule has 0 aliphatic heterocycles. The molecule has 0 radical (unpaired) electrons. The van der Waals surface area contributed by atoms with E-state index in [0.717, 1.165) is 12.1 Å². The molecule has 1 atom stereocenters. The quantitative estimate of drug-likeness (QED) is 0.822. The van der Waals surface area contributed by atoms with E-state index in [-0.39, 0.29) is 0 Å². The van der Waals surface area contributed by atoms with Crippen LogP contribution in [0.15, 0.2) is 24.3 Å².